The Morgan fingerprint density at radius 1 is 1.22 bits per heavy atom. The quantitative estimate of drug-likeness (QED) is 0.280. The molecule has 2 aliphatic rings. The number of halogens is 1. The van der Waals surface area contributed by atoms with Gasteiger partial charge in [-0.05, 0) is 62.6 Å². The van der Waals surface area contributed by atoms with Gasteiger partial charge >= 0.3 is 5.97 Å². The van der Waals surface area contributed by atoms with Crippen LogP contribution in [-0.2, 0) is 17.8 Å². The minimum atomic E-state index is -1.13. The third-order valence-corrected chi connectivity index (χ3v) is 8.35. The van der Waals surface area contributed by atoms with E-state index in [9.17, 15) is 14.3 Å². The molecule has 0 bridgehead atoms. The van der Waals surface area contributed by atoms with Gasteiger partial charge in [0, 0.05) is 23.5 Å². The number of thiazole rings is 1. The van der Waals surface area contributed by atoms with Gasteiger partial charge in [0.1, 0.15) is 17.0 Å². The van der Waals surface area contributed by atoms with Gasteiger partial charge in [-0.1, -0.05) is 29.4 Å². The summed E-state index contributed by atoms with van der Waals surface area (Å²) >= 11 is 1.38. The lowest BCUT2D eigenvalue weighted by molar-refractivity contribution is 0.0424. The van der Waals surface area contributed by atoms with E-state index in [-0.39, 0.29) is 17.2 Å². The summed E-state index contributed by atoms with van der Waals surface area (Å²) in [5.41, 5.74) is 4.43. The number of rotatable bonds is 8. The maximum Gasteiger partial charge on any atom is 0.335 e. The van der Waals surface area contributed by atoms with Gasteiger partial charge in [-0.25, -0.2) is 14.2 Å². The molecule has 36 heavy (non-hydrogen) atoms. The van der Waals surface area contributed by atoms with Gasteiger partial charge in [0.25, 0.3) is 0 Å². The largest absolute Gasteiger partial charge is 0.478 e. The van der Waals surface area contributed by atoms with Crippen LogP contribution in [0.15, 0.2) is 40.9 Å². The lowest BCUT2D eigenvalue weighted by Crippen LogP contribution is -2.10. The Balaban J connectivity index is 1.13. The van der Waals surface area contributed by atoms with E-state index < -0.39 is 11.8 Å². The highest BCUT2D eigenvalue weighted by Gasteiger charge is 2.34. The smallest absolute Gasteiger partial charge is 0.335 e. The summed E-state index contributed by atoms with van der Waals surface area (Å²) in [6.45, 7) is 2.57. The highest BCUT2D eigenvalue weighted by atomic mass is 32.1. The number of ether oxygens (including phenoxy) is 1. The fraction of sp³-hybridized carbons (Fsp3) is 0.393. The number of carboxylic acids is 1. The Morgan fingerprint density at radius 3 is 2.83 bits per heavy atom. The first-order valence-electron chi connectivity index (χ1n) is 12.4. The van der Waals surface area contributed by atoms with E-state index >= 15 is 0 Å². The van der Waals surface area contributed by atoms with Gasteiger partial charge in [0.05, 0.1) is 28.0 Å². The number of fused-ring (bicyclic) bond motifs is 1. The molecule has 2 saturated carbocycles. The molecule has 6 rings (SSSR count). The van der Waals surface area contributed by atoms with Crippen molar-refractivity contribution >= 4 is 27.5 Å². The zero-order valence-corrected chi connectivity index (χ0v) is 20.8. The Kier molecular flexibility index (Phi) is 6.09. The number of hydrogen-bond acceptors (Lipinski definition) is 6. The summed E-state index contributed by atoms with van der Waals surface area (Å²) in [7, 11) is 0. The maximum atomic E-state index is 14.4. The van der Waals surface area contributed by atoms with Crippen LogP contribution >= 0.6 is 11.3 Å². The molecule has 1 N–H and O–H groups in total. The first-order chi connectivity index (χ1) is 17.5. The Bertz CT molecular complexity index is 1440. The molecule has 6 nitrogen and oxygen atoms in total. The van der Waals surface area contributed by atoms with E-state index in [4.69, 9.17) is 9.26 Å². The number of benzene rings is 2. The van der Waals surface area contributed by atoms with Crippen molar-refractivity contribution in [2.24, 2.45) is 5.92 Å². The van der Waals surface area contributed by atoms with Crippen molar-refractivity contribution in [3.8, 4) is 11.3 Å². The predicted octanol–water partition coefficient (Wildman–Crippen LogP) is 6.90. The van der Waals surface area contributed by atoms with E-state index in [1.54, 1.807) is 0 Å². The van der Waals surface area contributed by atoms with Gasteiger partial charge in [-0.2, -0.15) is 0 Å². The molecular formula is C28H27FN2O4S. The van der Waals surface area contributed by atoms with Crippen molar-refractivity contribution in [2.75, 3.05) is 0 Å². The zero-order chi connectivity index (χ0) is 24.8. The lowest BCUT2D eigenvalue weighted by atomic mass is 10.0. The molecule has 0 unspecified atom stereocenters. The molecule has 0 aliphatic heterocycles. The van der Waals surface area contributed by atoms with E-state index in [1.807, 2.05) is 12.1 Å². The maximum absolute atomic E-state index is 14.4. The van der Waals surface area contributed by atoms with E-state index in [0.717, 1.165) is 77.7 Å². The first kappa shape index (κ1) is 23.3. The van der Waals surface area contributed by atoms with E-state index in [0.29, 0.717) is 23.1 Å². The lowest BCUT2D eigenvalue weighted by Gasteiger charge is -2.13. The number of carbonyl (C=O) groups is 1. The van der Waals surface area contributed by atoms with Crippen molar-refractivity contribution < 1.29 is 23.6 Å². The number of aryl methyl sites for hydroxylation is 1. The average molecular weight is 507 g/mol. The Hall–Kier alpha value is -3.10. The molecule has 0 spiro atoms. The van der Waals surface area contributed by atoms with Crippen LogP contribution in [0.3, 0.4) is 0 Å². The standard InChI is InChI=1S/C28H27FN2O4S/c1-15-4-2-3-5-20(15)25-21(27(35-31-25)17-7-8-17)14-34-19-9-6-16(10-19)11-24-30-26-22(29)12-18(28(32)33)13-23(26)36-24/h2-5,12-13,16-17,19H,6-11,14H2,1H3,(H,32,33)/t16-,19+/m1/s1. The van der Waals surface area contributed by atoms with E-state index in [2.05, 4.69) is 29.2 Å². The molecule has 0 amide bonds. The van der Waals surface area contributed by atoms with Crippen LogP contribution in [0.1, 0.15) is 70.3 Å². The molecule has 2 atom stereocenters. The number of aromatic carboxylic acids is 1. The zero-order valence-electron chi connectivity index (χ0n) is 20.0. The molecule has 4 aromatic rings. The van der Waals surface area contributed by atoms with Crippen molar-refractivity contribution in [3.05, 3.63) is 69.7 Å². The summed E-state index contributed by atoms with van der Waals surface area (Å²) in [5, 5.41) is 14.5. The molecular weight excluding hydrogens is 479 g/mol. The van der Waals surface area contributed by atoms with Crippen LogP contribution in [0.5, 0.6) is 0 Å². The third-order valence-electron chi connectivity index (χ3n) is 7.33. The molecule has 186 valence electrons. The second-order valence-corrected chi connectivity index (χ2v) is 11.1. The van der Waals surface area contributed by atoms with Crippen LogP contribution in [0.4, 0.5) is 4.39 Å². The van der Waals surface area contributed by atoms with Crippen LogP contribution in [0, 0.1) is 18.7 Å². The number of carboxylic acid groups (broad SMARTS) is 1. The highest BCUT2D eigenvalue weighted by Crippen LogP contribution is 2.45. The van der Waals surface area contributed by atoms with Crippen LogP contribution in [0.25, 0.3) is 21.5 Å². The molecule has 2 fully saturated rings. The fourth-order valence-electron chi connectivity index (χ4n) is 5.24. The molecule has 2 heterocycles. The predicted molar refractivity (Wildman–Crippen MR) is 135 cm³/mol. The molecule has 2 aliphatic carbocycles. The van der Waals surface area contributed by atoms with Gasteiger partial charge in [-0.3, -0.25) is 0 Å². The minimum Gasteiger partial charge on any atom is -0.478 e. The van der Waals surface area contributed by atoms with Crippen molar-refractivity contribution in [3.63, 3.8) is 0 Å². The van der Waals surface area contributed by atoms with Crippen LogP contribution in [-0.4, -0.2) is 27.3 Å². The number of hydrogen-bond donors (Lipinski definition) is 1. The normalized spacial score (nSPS) is 19.8. The molecule has 0 radical (unpaired) electrons. The molecule has 8 heteroatoms. The average Bonchev–Trinajstić information content (AvgIpc) is 3.25. The van der Waals surface area contributed by atoms with Crippen molar-refractivity contribution in [1.29, 1.82) is 0 Å². The Morgan fingerprint density at radius 2 is 2.06 bits per heavy atom. The topological polar surface area (TPSA) is 85.5 Å². The summed E-state index contributed by atoms with van der Waals surface area (Å²) in [5.74, 6) is 0.111. The minimum absolute atomic E-state index is 0.0473. The van der Waals surface area contributed by atoms with Crippen molar-refractivity contribution in [2.45, 2.75) is 64.1 Å². The van der Waals surface area contributed by atoms with Crippen LogP contribution < -0.4 is 0 Å². The fourth-order valence-corrected chi connectivity index (χ4v) is 6.37. The monoisotopic (exact) mass is 506 g/mol. The SMILES string of the molecule is Cc1ccccc1-c1noc(C2CC2)c1CO[C@H]1CC[C@@H](Cc2nc3c(F)cc(C(=O)O)cc3s2)C1. The molecule has 2 aromatic heterocycles. The second kappa shape index (κ2) is 9.41. The second-order valence-electron chi connectivity index (χ2n) is 10.00. The van der Waals surface area contributed by atoms with Crippen LogP contribution in [0.2, 0.25) is 0 Å². The summed E-state index contributed by atoms with van der Waals surface area (Å²) < 4.78 is 27.1. The highest BCUT2D eigenvalue weighted by molar-refractivity contribution is 7.18. The third kappa shape index (κ3) is 4.55. The number of aromatic nitrogens is 2. The summed E-state index contributed by atoms with van der Waals surface area (Å²) in [4.78, 5) is 15.7. The van der Waals surface area contributed by atoms with E-state index in [1.165, 1.54) is 17.4 Å². The van der Waals surface area contributed by atoms with Gasteiger partial charge in [0.15, 0.2) is 5.82 Å². The summed E-state index contributed by atoms with van der Waals surface area (Å²) in [6.07, 6.45) is 6.07. The molecule has 2 aromatic carbocycles. The first-order valence-corrected chi connectivity index (χ1v) is 13.3. The number of nitrogens with zero attached hydrogens (tertiary/aromatic N) is 2. The van der Waals surface area contributed by atoms with Gasteiger partial charge in [-0.15, -0.1) is 11.3 Å². The van der Waals surface area contributed by atoms with Gasteiger partial charge in [0.2, 0.25) is 0 Å². The molecule has 0 saturated heterocycles. The van der Waals surface area contributed by atoms with Crippen molar-refractivity contribution in [1.82, 2.24) is 10.1 Å². The Labute approximate surface area is 212 Å². The van der Waals surface area contributed by atoms with Gasteiger partial charge < -0.3 is 14.4 Å². The summed E-state index contributed by atoms with van der Waals surface area (Å²) in [6, 6.07) is 10.8.